The molecule has 1 fully saturated rings. The van der Waals surface area contributed by atoms with Gasteiger partial charge in [0, 0.05) is 10.9 Å². The maximum Gasteiger partial charge on any atom is 0.335 e. The molecule has 1 aromatic heterocycles. The quantitative estimate of drug-likeness (QED) is 0.562. The smallest absolute Gasteiger partial charge is 0.335 e. The molecule has 3 aromatic rings. The molecule has 0 saturated carbocycles. The van der Waals surface area contributed by atoms with Crippen LogP contribution in [0.3, 0.4) is 0 Å². The predicted octanol–water partition coefficient (Wildman–Crippen LogP) is 3.34. The van der Waals surface area contributed by atoms with Crippen LogP contribution in [0.25, 0.3) is 11.3 Å². The minimum absolute atomic E-state index is 0.0854. The van der Waals surface area contributed by atoms with Gasteiger partial charge in [0.2, 0.25) is 5.13 Å². The second kappa shape index (κ2) is 7.56. The fourth-order valence-corrected chi connectivity index (χ4v) is 3.47. The Morgan fingerprint density at radius 3 is 2.76 bits per heavy atom. The first kappa shape index (κ1) is 18.4. The summed E-state index contributed by atoms with van der Waals surface area (Å²) in [6, 6.07) is 15.8. The fourth-order valence-electron chi connectivity index (χ4n) is 2.67. The van der Waals surface area contributed by atoms with Gasteiger partial charge in [0.1, 0.15) is 0 Å². The number of carboxylic acids is 1. The molecule has 0 unspecified atom stereocenters. The lowest BCUT2D eigenvalue weighted by Crippen LogP contribution is -2.34. The van der Waals surface area contributed by atoms with Crippen LogP contribution < -0.4 is 15.9 Å². The molecule has 1 aliphatic heterocycles. The number of hydrogen-bond acceptors (Lipinski definition) is 7. The third kappa shape index (κ3) is 3.71. The number of rotatable bonds is 5. The number of carbonyl (C=O) groups is 2. The largest absolute Gasteiger partial charge is 0.478 e. The van der Waals surface area contributed by atoms with E-state index in [9.17, 15) is 9.59 Å². The highest BCUT2D eigenvalue weighted by Crippen LogP contribution is 2.28. The number of carbonyl (C=O) groups excluding carboxylic acids is 1. The molecule has 8 nitrogen and oxygen atoms in total. The highest BCUT2D eigenvalue weighted by molar-refractivity contribution is 7.14. The molecule has 0 radical (unpaired) electrons. The zero-order valence-electron chi connectivity index (χ0n) is 15.0. The lowest BCUT2D eigenvalue weighted by Gasteiger charge is -2.10. The topological polar surface area (TPSA) is 107 Å². The van der Waals surface area contributed by atoms with Crippen molar-refractivity contribution < 1.29 is 14.7 Å². The summed E-state index contributed by atoms with van der Waals surface area (Å²) in [6.07, 6.45) is 0. The van der Waals surface area contributed by atoms with E-state index < -0.39 is 11.9 Å². The van der Waals surface area contributed by atoms with Crippen molar-refractivity contribution in [3.05, 3.63) is 77.8 Å². The molecular weight excluding hydrogens is 390 g/mol. The molecule has 2 aromatic carbocycles. The number of anilines is 2. The minimum atomic E-state index is -1.05. The Morgan fingerprint density at radius 1 is 1.21 bits per heavy atom. The van der Waals surface area contributed by atoms with E-state index >= 15 is 0 Å². The third-order valence-corrected chi connectivity index (χ3v) is 4.92. The molecule has 1 aliphatic rings. The highest BCUT2D eigenvalue weighted by Gasteiger charge is 2.34. The Bertz CT molecular complexity index is 1140. The van der Waals surface area contributed by atoms with Gasteiger partial charge in [-0.15, -0.1) is 11.3 Å². The number of amides is 1. The van der Waals surface area contributed by atoms with Crippen LogP contribution in [-0.2, 0) is 4.79 Å². The van der Waals surface area contributed by atoms with Crippen LogP contribution in [0, 0.1) is 0 Å². The monoisotopic (exact) mass is 405 g/mol. The van der Waals surface area contributed by atoms with Gasteiger partial charge in [-0.25, -0.2) is 9.78 Å². The molecule has 29 heavy (non-hydrogen) atoms. The van der Waals surface area contributed by atoms with Gasteiger partial charge in [-0.3, -0.25) is 15.6 Å². The van der Waals surface area contributed by atoms with Crippen LogP contribution in [0.2, 0.25) is 0 Å². The van der Waals surface area contributed by atoms with Crippen LogP contribution in [-0.4, -0.2) is 27.7 Å². The van der Waals surface area contributed by atoms with Gasteiger partial charge in [0.15, 0.2) is 5.71 Å². The number of hydrazone groups is 1. The van der Waals surface area contributed by atoms with E-state index in [0.717, 1.165) is 11.3 Å². The van der Waals surface area contributed by atoms with E-state index in [-0.39, 0.29) is 11.3 Å². The van der Waals surface area contributed by atoms with Gasteiger partial charge in [-0.1, -0.05) is 43.0 Å². The molecule has 3 N–H and O–H groups in total. The van der Waals surface area contributed by atoms with E-state index in [0.29, 0.717) is 16.5 Å². The van der Waals surface area contributed by atoms with Gasteiger partial charge in [0.05, 0.1) is 22.6 Å². The SMILES string of the molecule is C=C1NN(c2nc(-c3ccccc3)cs2)C(=O)C1=NNc1cccc(C(=O)O)c1. The Hall–Kier alpha value is -3.98. The van der Waals surface area contributed by atoms with E-state index in [1.54, 1.807) is 12.1 Å². The van der Waals surface area contributed by atoms with Crippen molar-refractivity contribution in [2.75, 3.05) is 10.4 Å². The fraction of sp³-hybridized carbons (Fsp3) is 0. The summed E-state index contributed by atoms with van der Waals surface area (Å²) in [5, 5.41) is 16.8. The number of nitrogens with one attached hydrogen (secondary N) is 2. The van der Waals surface area contributed by atoms with E-state index in [2.05, 4.69) is 27.5 Å². The van der Waals surface area contributed by atoms with E-state index in [1.807, 2.05) is 35.7 Å². The van der Waals surface area contributed by atoms with Crippen molar-refractivity contribution in [1.82, 2.24) is 10.4 Å². The second-order valence-electron chi connectivity index (χ2n) is 6.07. The number of hydrogen-bond donors (Lipinski definition) is 3. The van der Waals surface area contributed by atoms with E-state index in [1.165, 1.54) is 28.5 Å². The molecule has 9 heteroatoms. The molecular formula is C20H15N5O3S. The summed E-state index contributed by atoms with van der Waals surface area (Å²) in [6.45, 7) is 3.82. The van der Waals surface area contributed by atoms with Crippen molar-refractivity contribution in [3.63, 3.8) is 0 Å². The Labute approximate surface area is 169 Å². The number of aromatic carboxylic acids is 1. The number of thiazole rings is 1. The zero-order chi connectivity index (χ0) is 20.4. The van der Waals surface area contributed by atoms with Crippen molar-refractivity contribution in [3.8, 4) is 11.3 Å². The number of aromatic nitrogens is 1. The van der Waals surface area contributed by atoms with Gasteiger partial charge < -0.3 is 5.11 Å². The minimum Gasteiger partial charge on any atom is -0.478 e. The summed E-state index contributed by atoms with van der Waals surface area (Å²) in [7, 11) is 0. The van der Waals surface area contributed by atoms with Crippen molar-refractivity contribution in [2.45, 2.75) is 0 Å². The molecule has 1 saturated heterocycles. The van der Waals surface area contributed by atoms with Crippen LogP contribution in [0.1, 0.15) is 10.4 Å². The Morgan fingerprint density at radius 2 is 2.00 bits per heavy atom. The van der Waals surface area contributed by atoms with Gasteiger partial charge in [-0.2, -0.15) is 10.1 Å². The second-order valence-corrected chi connectivity index (χ2v) is 6.91. The maximum atomic E-state index is 12.8. The first-order valence-corrected chi connectivity index (χ1v) is 9.39. The first-order valence-electron chi connectivity index (χ1n) is 8.51. The van der Waals surface area contributed by atoms with E-state index in [4.69, 9.17) is 5.11 Å². The summed E-state index contributed by atoms with van der Waals surface area (Å²) in [4.78, 5) is 28.3. The lowest BCUT2D eigenvalue weighted by atomic mass is 10.2. The van der Waals surface area contributed by atoms with Crippen LogP contribution in [0.5, 0.6) is 0 Å². The zero-order valence-corrected chi connectivity index (χ0v) is 15.8. The first-order chi connectivity index (χ1) is 14.0. The Balaban J connectivity index is 1.53. The van der Waals surface area contributed by atoms with Crippen molar-refractivity contribution in [2.24, 2.45) is 5.10 Å². The molecule has 4 rings (SSSR count). The maximum absolute atomic E-state index is 12.8. The summed E-state index contributed by atoms with van der Waals surface area (Å²) >= 11 is 1.32. The molecule has 0 atom stereocenters. The highest BCUT2D eigenvalue weighted by atomic mass is 32.1. The van der Waals surface area contributed by atoms with Gasteiger partial charge in [0.25, 0.3) is 0 Å². The van der Waals surface area contributed by atoms with Gasteiger partial charge in [-0.05, 0) is 18.2 Å². The molecule has 1 amide bonds. The molecule has 144 valence electrons. The molecule has 0 aliphatic carbocycles. The van der Waals surface area contributed by atoms with Crippen LogP contribution >= 0.6 is 11.3 Å². The predicted molar refractivity (Wildman–Crippen MR) is 112 cm³/mol. The average Bonchev–Trinajstić information content (AvgIpc) is 3.32. The van der Waals surface area contributed by atoms with Crippen molar-refractivity contribution >= 4 is 39.7 Å². The number of hydrazine groups is 1. The lowest BCUT2D eigenvalue weighted by molar-refractivity contribution is -0.112. The third-order valence-electron chi connectivity index (χ3n) is 4.10. The summed E-state index contributed by atoms with van der Waals surface area (Å²) in [5.41, 5.74) is 8.25. The average molecular weight is 405 g/mol. The van der Waals surface area contributed by atoms with Crippen LogP contribution in [0.15, 0.2) is 77.4 Å². The number of carboxylic acid groups (broad SMARTS) is 1. The number of nitrogens with zero attached hydrogens (tertiary/aromatic N) is 3. The Kier molecular flexibility index (Phi) is 4.80. The standard InChI is InChI=1S/C20H15N5O3S/c1-12-17(23-22-15-9-5-8-14(10-15)19(27)28)18(26)25(24-12)20-21-16(11-29-20)13-6-3-2-4-7-13/h2-11,22,24H,1H2,(H,27,28). The molecule has 0 spiro atoms. The molecule has 0 bridgehead atoms. The van der Waals surface area contributed by atoms with Gasteiger partial charge >= 0.3 is 11.9 Å². The van der Waals surface area contributed by atoms with Crippen molar-refractivity contribution in [1.29, 1.82) is 0 Å². The summed E-state index contributed by atoms with van der Waals surface area (Å²) < 4.78 is 0. The molecule has 2 heterocycles. The number of benzene rings is 2. The normalized spacial score (nSPS) is 14.9. The van der Waals surface area contributed by atoms with Crippen LogP contribution in [0.4, 0.5) is 10.8 Å². The summed E-state index contributed by atoms with van der Waals surface area (Å²) in [5.74, 6) is -1.46.